The van der Waals surface area contributed by atoms with Gasteiger partial charge in [-0.25, -0.2) is 4.79 Å². The first-order valence-corrected chi connectivity index (χ1v) is 4.01. The van der Waals surface area contributed by atoms with Crippen LogP contribution < -0.4 is 5.43 Å². The fraction of sp³-hybridized carbons (Fsp3) is 0.429. The third-order valence-electron chi connectivity index (χ3n) is 1.13. The van der Waals surface area contributed by atoms with Gasteiger partial charge in [-0.3, -0.25) is 5.41 Å². The van der Waals surface area contributed by atoms with E-state index in [-0.39, 0.29) is 18.7 Å². The average molecular weight is 217 g/mol. The number of carbonyl (C=O) groups is 1. The number of rotatable bonds is 5. The second kappa shape index (κ2) is 6.86. The van der Waals surface area contributed by atoms with Gasteiger partial charge in [-0.05, 0) is 0 Å². The lowest BCUT2D eigenvalue weighted by Gasteiger charge is -2.01. The fourth-order valence-corrected chi connectivity index (χ4v) is 0.647. The molecule has 0 rings (SSSR count). The average Bonchev–Trinajstić information content (AvgIpc) is 2.16. The Kier molecular flexibility index (Phi) is 6.07. The minimum absolute atomic E-state index is 0.244. The smallest absolute Gasteiger partial charge is 0.361 e. The number of nitriles is 1. The van der Waals surface area contributed by atoms with Gasteiger partial charge in [0.25, 0.3) is 0 Å². The van der Waals surface area contributed by atoms with Crippen LogP contribution in [0.3, 0.4) is 0 Å². The van der Waals surface area contributed by atoms with Crippen LogP contribution in [0.2, 0.25) is 0 Å². The van der Waals surface area contributed by atoms with Gasteiger partial charge in [-0.2, -0.15) is 10.4 Å². The largest absolute Gasteiger partial charge is 0.464 e. The fourth-order valence-electron chi connectivity index (χ4n) is 0.528. The standard InChI is InChI=1S/C7H9ClN4O2/c1-14-7(13)5(6(8)10)12-11-4-2-3-9/h10-11H,2,4H2,1H3/b10-6?,12-5+. The van der Waals surface area contributed by atoms with Crippen LogP contribution in [0, 0.1) is 16.7 Å². The lowest BCUT2D eigenvalue weighted by atomic mass is 10.4. The number of hydrogen-bond donors (Lipinski definition) is 2. The summed E-state index contributed by atoms with van der Waals surface area (Å²) in [6, 6.07) is 1.88. The molecule has 2 N–H and O–H groups in total. The number of hydrazone groups is 1. The molecule has 14 heavy (non-hydrogen) atoms. The minimum atomic E-state index is -0.797. The highest BCUT2D eigenvalue weighted by molar-refractivity contribution is 6.91. The Morgan fingerprint density at radius 2 is 2.43 bits per heavy atom. The summed E-state index contributed by atoms with van der Waals surface area (Å²) >= 11 is 5.28. The van der Waals surface area contributed by atoms with Gasteiger partial charge in [-0.1, -0.05) is 11.6 Å². The van der Waals surface area contributed by atoms with Crippen LogP contribution in [-0.2, 0) is 9.53 Å². The highest BCUT2D eigenvalue weighted by atomic mass is 35.5. The Bertz CT molecular complexity index is 295. The highest BCUT2D eigenvalue weighted by Crippen LogP contribution is 1.90. The number of methoxy groups -OCH3 is 1. The number of nitrogens with one attached hydrogen (secondary N) is 2. The number of nitrogens with zero attached hydrogens (tertiary/aromatic N) is 2. The first-order chi connectivity index (χ1) is 6.63. The normalized spacial score (nSPS) is 10.2. The summed E-state index contributed by atoms with van der Waals surface area (Å²) in [7, 11) is 1.16. The van der Waals surface area contributed by atoms with Crippen molar-refractivity contribution >= 4 is 28.5 Å². The van der Waals surface area contributed by atoms with Gasteiger partial charge in [0.2, 0.25) is 5.71 Å². The molecule has 0 heterocycles. The van der Waals surface area contributed by atoms with Crippen molar-refractivity contribution in [3.63, 3.8) is 0 Å². The van der Waals surface area contributed by atoms with Crippen molar-refractivity contribution in [1.29, 1.82) is 10.7 Å². The van der Waals surface area contributed by atoms with Gasteiger partial charge >= 0.3 is 5.97 Å². The van der Waals surface area contributed by atoms with Crippen molar-refractivity contribution in [1.82, 2.24) is 5.43 Å². The molecule has 0 aliphatic heterocycles. The van der Waals surface area contributed by atoms with Crippen LogP contribution in [0.1, 0.15) is 6.42 Å². The van der Waals surface area contributed by atoms with Crippen LogP contribution in [0.25, 0.3) is 0 Å². The number of esters is 1. The molecule has 0 saturated heterocycles. The molecule has 0 fully saturated rings. The molecule has 0 atom stereocenters. The maximum absolute atomic E-state index is 10.9. The van der Waals surface area contributed by atoms with Gasteiger partial charge in [0.15, 0.2) is 5.17 Å². The van der Waals surface area contributed by atoms with Crippen molar-refractivity contribution in [3.05, 3.63) is 0 Å². The molecule has 0 aliphatic rings. The first-order valence-electron chi connectivity index (χ1n) is 3.63. The van der Waals surface area contributed by atoms with E-state index in [0.717, 1.165) is 7.11 Å². The van der Waals surface area contributed by atoms with E-state index < -0.39 is 11.1 Å². The van der Waals surface area contributed by atoms with E-state index >= 15 is 0 Å². The Morgan fingerprint density at radius 3 is 2.86 bits per heavy atom. The molecule has 76 valence electrons. The maximum Gasteiger partial charge on any atom is 0.361 e. The van der Waals surface area contributed by atoms with Crippen LogP contribution in [0.15, 0.2) is 5.10 Å². The van der Waals surface area contributed by atoms with E-state index in [1.807, 2.05) is 6.07 Å². The lowest BCUT2D eigenvalue weighted by Crippen LogP contribution is -2.25. The summed E-state index contributed by atoms with van der Waals surface area (Å²) in [6.45, 7) is 0.279. The van der Waals surface area contributed by atoms with Gasteiger partial charge in [-0.15, -0.1) is 0 Å². The second-order valence-electron chi connectivity index (χ2n) is 2.08. The number of halogens is 1. The topological polar surface area (TPSA) is 98.3 Å². The molecule has 0 aliphatic carbocycles. The zero-order chi connectivity index (χ0) is 11.0. The third-order valence-corrected chi connectivity index (χ3v) is 1.31. The Morgan fingerprint density at radius 1 is 1.79 bits per heavy atom. The van der Waals surface area contributed by atoms with Crippen LogP contribution >= 0.6 is 11.6 Å². The third kappa shape index (κ3) is 4.42. The van der Waals surface area contributed by atoms with Crippen LogP contribution in [0.4, 0.5) is 0 Å². The molecule has 7 heteroatoms. The second-order valence-corrected chi connectivity index (χ2v) is 2.46. The summed E-state index contributed by atoms with van der Waals surface area (Å²) in [4.78, 5) is 10.9. The molecular weight excluding hydrogens is 208 g/mol. The molecule has 0 saturated carbocycles. The summed E-state index contributed by atoms with van der Waals surface area (Å²) < 4.78 is 4.33. The molecule has 0 spiro atoms. The predicted molar refractivity (Wildman–Crippen MR) is 51.3 cm³/mol. The van der Waals surface area contributed by atoms with Gasteiger partial charge in [0, 0.05) is 6.54 Å². The van der Waals surface area contributed by atoms with E-state index in [1.54, 1.807) is 0 Å². The van der Waals surface area contributed by atoms with Gasteiger partial charge in [0.1, 0.15) is 0 Å². The SMILES string of the molecule is COC(=O)/C(=N/NCCC#N)C(=N)Cl. The Labute approximate surface area is 86.0 Å². The lowest BCUT2D eigenvalue weighted by molar-refractivity contribution is -0.132. The quantitative estimate of drug-likeness (QED) is 0.298. The molecular formula is C7H9ClN4O2. The first kappa shape index (κ1) is 12.4. The molecule has 6 nitrogen and oxygen atoms in total. The monoisotopic (exact) mass is 216 g/mol. The molecule has 0 unspecified atom stereocenters. The number of carbonyl (C=O) groups excluding carboxylic acids is 1. The van der Waals surface area contributed by atoms with Crippen molar-refractivity contribution in [3.8, 4) is 6.07 Å². The summed E-state index contributed by atoms with van der Waals surface area (Å²) in [5.74, 6) is -0.797. The molecule has 0 radical (unpaired) electrons. The molecule has 0 amide bonds. The zero-order valence-electron chi connectivity index (χ0n) is 7.50. The molecule has 0 aromatic carbocycles. The summed E-state index contributed by atoms with van der Waals surface area (Å²) in [5, 5.41) is 18.2. The molecule has 0 aromatic heterocycles. The summed E-state index contributed by atoms with van der Waals surface area (Å²) in [6.07, 6.45) is 0.244. The van der Waals surface area contributed by atoms with Crippen molar-refractivity contribution in [2.45, 2.75) is 6.42 Å². The van der Waals surface area contributed by atoms with E-state index in [4.69, 9.17) is 22.3 Å². The maximum atomic E-state index is 10.9. The van der Waals surface area contributed by atoms with E-state index in [9.17, 15) is 4.79 Å². The van der Waals surface area contributed by atoms with E-state index in [0.29, 0.717) is 0 Å². The van der Waals surface area contributed by atoms with Gasteiger partial charge < -0.3 is 10.2 Å². The number of ether oxygens (including phenoxy) is 1. The molecule has 0 bridgehead atoms. The van der Waals surface area contributed by atoms with Crippen molar-refractivity contribution < 1.29 is 9.53 Å². The Hall–Kier alpha value is -1.61. The van der Waals surface area contributed by atoms with Crippen LogP contribution in [0.5, 0.6) is 0 Å². The highest BCUT2D eigenvalue weighted by Gasteiger charge is 2.15. The van der Waals surface area contributed by atoms with E-state index in [1.165, 1.54) is 0 Å². The van der Waals surface area contributed by atoms with E-state index in [2.05, 4.69) is 15.3 Å². The minimum Gasteiger partial charge on any atom is -0.464 e. The Balaban J connectivity index is 4.29. The molecule has 0 aromatic rings. The zero-order valence-corrected chi connectivity index (χ0v) is 8.26. The number of hydrogen-bond acceptors (Lipinski definition) is 6. The predicted octanol–water partition coefficient (Wildman–Crippen LogP) is 0.235. The summed E-state index contributed by atoms with van der Waals surface area (Å²) in [5.41, 5.74) is 2.11. The van der Waals surface area contributed by atoms with Crippen LogP contribution in [-0.4, -0.2) is 30.5 Å². The van der Waals surface area contributed by atoms with Crippen molar-refractivity contribution in [2.75, 3.05) is 13.7 Å². The van der Waals surface area contributed by atoms with Crippen molar-refractivity contribution in [2.24, 2.45) is 5.10 Å². The van der Waals surface area contributed by atoms with Gasteiger partial charge in [0.05, 0.1) is 19.6 Å².